The summed E-state index contributed by atoms with van der Waals surface area (Å²) in [5.41, 5.74) is 5.85. The van der Waals surface area contributed by atoms with Crippen LogP contribution in [0.1, 0.15) is 24.2 Å². The highest BCUT2D eigenvalue weighted by atomic mass is 35.5. The molecule has 3 N–H and O–H groups in total. The van der Waals surface area contributed by atoms with Gasteiger partial charge in [0.2, 0.25) is 11.8 Å². The first-order valence-electron chi connectivity index (χ1n) is 4.82. The van der Waals surface area contributed by atoms with Crippen molar-refractivity contribution in [2.45, 2.75) is 13.8 Å². The fraction of sp³-hybridized carbons (Fsp3) is 0.273. The minimum atomic E-state index is -0.620. The van der Waals surface area contributed by atoms with Gasteiger partial charge >= 0.3 is 0 Å². The van der Waals surface area contributed by atoms with E-state index in [-0.39, 0.29) is 22.4 Å². The van der Waals surface area contributed by atoms with Crippen LogP contribution in [0.2, 0.25) is 5.02 Å². The second-order valence-electron chi connectivity index (χ2n) is 3.70. The van der Waals surface area contributed by atoms with Crippen LogP contribution in [-0.2, 0) is 4.79 Å². The first-order valence-corrected chi connectivity index (χ1v) is 5.20. The molecular weight excluding hydrogens is 228 g/mol. The molecule has 16 heavy (non-hydrogen) atoms. The van der Waals surface area contributed by atoms with Crippen LogP contribution in [0.3, 0.4) is 0 Å². The molecule has 0 aliphatic rings. The van der Waals surface area contributed by atoms with Gasteiger partial charge in [-0.05, 0) is 18.2 Å². The minimum absolute atomic E-state index is 0.127. The Morgan fingerprint density at radius 1 is 1.38 bits per heavy atom. The first-order chi connectivity index (χ1) is 7.41. The molecule has 1 rings (SSSR count). The number of carbonyl (C=O) groups excluding carboxylic acids is 2. The third-order valence-corrected chi connectivity index (χ3v) is 2.35. The number of anilines is 1. The number of hydrogen-bond acceptors (Lipinski definition) is 2. The van der Waals surface area contributed by atoms with Gasteiger partial charge in [-0.3, -0.25) is 9.59 Å². The Labute approximate surface area is 98.8 Å². The summed E-state index contributed by atoms with van der Waals surface area (Å²) in [5, 5.41) is 2.93. The Morgan fingerprint density at radius 3 is 2.50 bits per heavy atom. The monoisotopic (exact) mass is 240 g/mol. The van der Waals surface area contributed by atoms with Crippen LogP contribution >= 0.6 is 11.6 Å². The molecule has 0 fully saturated rings. The van der Waals surface area contributed by atoms with E-state index >= 15 is 0 Å². The molecule has 0 atom stereocenters. The van der Waals surface area contributed by atoms with E-state index < -0.39 is 5.91 Å². The van der Waals surface area contributed by atoms with Gasteiger partial charge in [0.25, 0.3) is 0 Å². The highest BCUT2D eigenvalue weighted by molar-refractivity contribution is 6.33. The molecule has 0 aliphatic carbocycles. The molecule has 5 heteroatoms. The molecule has 86 valence electrons. The number of primary amides is 1. The topological polar surface area (TPSA) is 72.2 Å². The van der Waals surface area contributed by atoms with E-state index in [0.717, 1.165) is 0 Å². The third-order valence-electron chi connectivity index (χ3n) is 2.02. The number of hydrogen-bond donors (Lipinski definition) is 2. The molecule has 0 heterocycles. The normalized spacial score (nSPS) is 10.2. The van der Waals surface area contributed by atoms with E-state index in [2.05, 4.69) is 5.32 Å². The van der Waals surface area contributed by atoms with Gasteiger partial charge in [-0.2, -0.15) is 0 Å². The number of rotatable bonds is 3. The van der Waals surface area contributed by atoms with Gasteiger partial charge in [0.05, 0.1) is 10.6 Å². The summed E-state index contributed by atoms with van der Waals surface area (Å²) in [6.45, 7) is 3.56. The molecule has 4 nitrogen and oxygen atoms in total. The quantitative estimate of drug-likeness (QED) is 0.849. The smallest absolute Gasteiger partial charge is 0.250 e. The van der Waals surface area contributed by atoms with Crippen molar-refractivity contribution in [3.05, 3.63) is 28.8 Å². The Balaban J connectivity index is 2.95. The van der Waals surface area contributed by atoms with Crippen molar-refractivity contribution in [2.75, 3.05) is 5.32 Å². The average molecular weight is 241 g/mol. The maximum Gasteiger partial charge on any atom is 0.250 e. The maximum absolute atomic E-state index is 11.4. The molecule has 0 aromatic heterocycles. The van der Waals surface area contributed by atoms with Crippen LogP contribution in [0, 0.1) is 5.92 Å². The van der Waals surface area contributed by atoms with Gasteiger partial charge in [-0.15, -0.1) is 0 Å². The number of benzene rings is 1. The molecule has 0 saturated heterocycles. The Morgan fingerprint density at radius 2 is 2.00 bits per heavy atom. The predicted molar refractivity (Wildman–Crippen MR) is 63.4 cm³/mol. The highest BCUT2D eigenvalue weighted by Gasteiger charge is 2.11. The lowest BCUT2D eigenvalue weighted by atomic mass is 10.1. The van der Waals surface area contributed by atoms with Crippen LogP contribution in [0.15, 0.2) is 18.2 Å². The summed E-state index contributed by atoms with van der Waals surface area (Å²) < 4.78 is 0. The molecule has 2 amide bonds. The van der Waals surface area contributed by atoms with Crippen LogP contribution in [0.4, 0.5) is 5.69 Å². The number of nitrogens with two attached hydrogens (primary N) is 1. The van der Waals surface area contributed by atoms with Crippen molar-refractivity contribution < 1.29 is 9.59 Å². The standard InChI is InChI=1S/C11H13ClN2O2/c1-6(2)11(16)14-7-3-4-9(12)8(5-7)10(13)15/h3-6H,1-2H3,(H2,13,15)(H,14,16). The molecule has 0 radical (unpaired) electrons. The summed E-state index contributed by atoms with van der Waals surface area (Å²) >= 11 is 5.78. The average Bonchev–Trinajstić information content (AvgIpc) is 2.20. The Hall–Kier alpha value is -1.55. The third kappa shape index (κ3) is 2.97. The largest absolute Gasteiger partial charge is 0.366 e. The molecule has 1 aromatic rings. The predicted octanol–water partition coefficient (Wildman–Crippen LogP) is 2.03. The van der Waals surface area contributed by atoms with Gasteiger partial charge < -0.3 is 11.1 Å². The van der Waals surface area contributed by atoms with Crippen LogP contribution in [-0.4, -0.2) is 11.8 Å². The van der Waals surface area contributed by atoms with Crippen molar-refractivity contribution in [3.63, 3.8) is 0 Å². The number of carbonyl (C=O) groups is 2. The molecule has 0 spiro atoms. The van der Waals surface area contributed by atoms with Gasteiger partial charge in [0, 0.05) is 11.6 Å². The zero-order valence-corrected chi connectivity index (χ0v) is 9.84. The lowest BCUT2D eigenvalue weighted by Gasteiger charge is -2.09. The molecule has 0 saturated carbocycles. The Kier molecular flexibility index (Phi) is 3.90. The van der Waals surface area contributed by atoms with Gasteiger partial charge in [0.15, 0.2) is 0 Å². The van der Waals surface area contributed by atoms with Gasteiger partial charge in [-0.1, -0.05) is 25.4 Å². The molecule has 0 bridgehead atoms. The summed E-state index contributed by atoms with van der Waals surface area (Å²) in [5.74, 6) is -0.879. The lowest BCUT2D eigenvalue weighted by Crippen LogP contribution is -2.18. The highest BCUT2D eigenvalue weighted by Crippen LogP contribution is 2.20. The van der Waals surface area contributed by atoms with E-state index in [1.54, 1.807) is 19.9 Å². The van der Waals surface area contributed by atoms with Gasteiger partial charge in [-0.25, -0.2) is 0 Å². The second kappa shape index (κ2) is 4.99. The van der Waals surface area contributed by atoms with Crippen molar-refractivity contribution in [1.29, 1.82) is 0 Å². The van der Waals surface area contributed by atoms with Crippen molar-refractivity contribution >= 4 is 29.1 Å². The van der Waals surface area contributed by atoms with E-state index in [0.29, 0.717) is 5.69 Å². The maximum atomic E-state index is 11.4. The number of halogens is 1. The zero-order valence-electron chi connectivity index (χ0n) is 9.08. The SMILES string of the molecule is CC(C)C(=O)Nc1ccc(Cl)c(C(N)=O)c1. The van der Waals surface area contributed by atoms with Crippen LogP contribution < -0.4 is 11.1 Å². The summed E-state index contributed by atoms with van der Waals surface area (Å²) in [4.78, 5) is 22.4. The fourth-order valence-corrected chi connectivity index (χ4v) is 1.29. The lowest BCUT2D eigenvalue weighted by molar-refractivity contribution is -0.118. The zero-order chi connectivity index (χ0) is 12.3. The second-order valence-corrected chi connectivity index (χ2v) is 4.11. The summed E-state index contributed by atoms with van der Waals surface area (Å²) in [6.07, 6.45) is 0. The first kappa shape index (κ1) is 12.5. The van der Waals surface area contributed by atoms with E-state index in [1.807, 2.05) is 0 Å². The summed E-state index contributed by atoms with van der Waals surface area (Å²) in [7, 11) is 0. The fourth-order valence-electron chi connectivity index (χ4n) is 1.08. The molecular formula is C11H13ClN2O2. The van der Waals surface area contributed by atoms with Crippen molar-refractivity contribution in [3.8, 4) is 0 Å². The van der Waals surface area contributed by atoms with E-state index in [4.69, 9.17) is 17.3 Å². The number of nitrogens with one attached hydrogen (secondary N) is 1. The molecule has 1 aromatic carbocycles. The summed E-state index contributed by atoms with van der Waals surface area (Å²) in [6, 6.07) is 4.61. The minimum Gasteiger partial charge on any atom is -0.366 e. The number of amides is 2. The van der Waals surface area contributed by atoms with Gasteiger partial charge in [0.1, 0.15) is 0 Å². The van der Waals surface area contributed by atoms with Crippen molar-refractivity contribution in [1.82, 2.24) is 0 Å². The molecule has 0 aliphatic heterocycles. The van der Waals surface area contributed by atoms with Crippen molar-refractivity contribution in [2.24, 2.45) is 11.7 Å². The Bertz CT molecular complexity index is 430. The van der Waals surface area contributed by atoms with Crippen LogP contribution in [0.5, 0.6) is 0 Å². The van der Waals surface area contributed by atoms with Crippen LogP contribution in [0.25, 0.3) is 0 Å². The van der Waals surface area contributed by atoms with E-state index in [1.165, 1.54) is 12.1 Å². The molecule has 0 unspecified atom stereocenters. The van der Waals surface area contributed by atoms with E-state index in [9.17, 15) is 9.59 Å².